The fourth-order valence-corrected chi connectivity index (χ4v) is 3.65. The number of aryl methyl sites for hydroxylation is 1. The SMILES string of the molecule is Cc1nc2c(ccc3nc(NC(=O)c4ccc(Cl)c(C(F)(F)F)c4)oc32)s1. The van der Waals surface area contributed by atoms with Gasteiger partial charge in [0, 0.05) is 5.56 Å². The van der Waals surface area contributed by atoms with Gasteiger partial charge in [-0.1, -0.05) is 11.6 Å². The highest BCUT2D eigenvalue weighted by molar-refractivity contribution is 7.18. The number of thiazole rings is 1. The first-order chi connectivity index (χ1) is 12.7. The van der Waals surface area contributed by atoms with E-state index in [0.29, 0.717) is 22.7 Å². The Morgan fingerprint density at radius 2 is 2.00 bits per heavy atom. The molecule has 0 atom stereocenters. The van der Waals surface area contributed by atoms with Crippen LogP contribution in [0.15, 0.2) is 34.7 Å². The van der Waals surface area contributed by atoms with Crippen LogP contribution < -0.4 is 5.32 Å². The quantitative estimate of drug-likeness (QED) is 0.461. The lowest BCUT2D eigenvalue weighted by Crippen LogP contribution is -2.14. The molecular weight excluding hydrogens is 403 g/mol. The number of rotatable bonds is 2. The maximum Gasteiger partial charge on any atom is 0.417 e. The number of nitrogens with one attached hydrogen (secondary N) is 1. The fraction of sp³-hybridized carbons (Fsp3) is 0.118. The number of carbonyl (C=O) groups excluding carboxylic acids is 1. The molecule has 0 bridgehead atoms. The number of amides is 1. The Morgan fingerprint density at radius 3 is 2.74 bits per heavy atom. The molecule has 138 valence electrons. The lowest BCUT2D eigenvalue weighted by Gasteiger charge is -2.10. The van der Waals surface area contributed by atoms with Crippen molar-refractivity contribution in [1.29, 1.82) is 0 Å². The minimum atomic E-state index is -4.67. The van der Waals surface area contributed by atoms with Gasteiger partial charge in [-0.2, -0.15) is 18.2 Å². The fourth-order valence-electron chi connectivity index (χ4n) is 2.59. The summed E-state index contributed by atoms with van der Waals surface area (Å²) in [4.78, 5) is 20.8. The zero-order valence-electron chi connectivity index (χ0n) is 13.5. The predicted octanol–water partition coefficient (Wildman–Crippen LogP) is 5.67. The monoisotopic (exact) mass is 411 g/mol. The van der Waals surface area contributed by atoms with Crippen LogP contribution in [0.3, 0.4) is 0 Å². The molecule has 10 heteroatoms. The van der Waals surface area contributed by atoms with Gasteiger partial charge in [-0.05, 0) is 37.3 Å². The van der Waals surface area contributed by atoms with E-state index < -0.39 is 22.7 Å². The Hall–Kier alpha value is -2.65. The summed E-state index contributed by atoms with van der Waals surface area (Å²) < 4.78 is 45.3. The van der Waals surface area contributed by atoms with E-state index in [1.54, 1.807) is 6.07 Å². The summed E-state index contributed by atoms with van der Waals surface area (Å²) >= 11 is 7.06. The number of carbonyl (C=O) groups is 1. The van der Waals surface area contributed by atoms with Crippen LogP contribution in [-0.4, -0.2) is 15.9 Å². The molecule has 1 N–H and O–H groups in total. The maximum absolute atomic E-state index is 13.0. The molecule has 4 aromatic rings. The van der Waals surface area contributed by atoms with Crippen LogP contribution in [0.4, 0.5) is 19.2 Å². The molecule has 0 saturated heterocycles. The first kappa shape index (κ1) is 17.7. The molecule has 0 spiro atoms. The summed E-state index contributed by atoms with van der Waals surface area (Å²) in [7, 11) is 0. The number of aromatic nitrogens is 2. The molecule has 2 aromatic heterocycles. The molecule has 0 aliphatic rings. The van der Waals surface area contributed by atoms with Crippen molar-refractivity contribution in [2.24, 2.45) is 0 Å². The topological polar surface area (TPSA) is 68.0 Å². The van der Waals surface area contributed by atoms with Gasteiger partial charge < -0.3 is 4.42 Å². The Labute approximate surface area is 158 Å². The van der Waals surface area contributed by atoms with E-state index in [9.17, 15) is 18.0 Å². The Bertz CT molecular complexity index is 1200. The van der Waals surface area contributed by atoms with Gasteiger partial charge in [0.25, 0.3) is 5.91 Å². The summed E-state index contributed by atoms with van der Waals surface area (Å²) in [6.45, 7) is 1.86. The van der Waals surface area contributed by atoms with Crippen molar-refractivity contribution in [1.82, 2.24) is 9.97 Å². The van der Waals surface area contributed by atoms with E-state index in [4.69, 9.17) is 16.0 Å². The number of hydrogen-bond acceptors (Lipinski definition) is 5. The van der Waals surface area contributed by atoms with Crippen molar-refractivity contribution in [2.45, 2.75) is 13.1 Å². The molecule has 27 heavy (non-hydrogen) atoms. The molecule has 0 aliphatic heterocycles. The smallest absolute Gasteiger partial charge is 0.417 e. The normalized spacial score (nSPS) is 12.0. The number of benzene rings is 2. The average molecular weight is 412 g/mol. The van der Waals surface area contributed by atoms with Gasteiger partial charge in [-0.3, -0.25) is 10.1 Å². The third kappa shape index (κ3) is 3.24. The lowest BCUT2D eigenvalue weighted by atomic mass is 10.1. The van der Waals surface area contributed by atoms with Crippen LogP contribution in [0.5, 0.6) is 0 Å². The van der Waals surface area contributed by atoms with Crippen molar-refractivity contribution in [3.63, 3.8) is 0 Å². The molecule has 0 radical (unpaired) electrons. The number of halogens is 4. The van der Waals surface area contributed by atoms with Crippen LogP contribution in [0.25, 0.3) is 21.3 Å². The van der Waals surface area contributed by atoms with Crippen molar-refractivity contribution in [2.75, 3.05) is 5.32 Å². The van der Waals surface area contributed by atoms with Gasteiger partial charge in [0.15, 0.2) is 5.58 Å². The van der Waals surface area contributed by atoms with Crippen LogP contribution in [-0.2, 0) is 6.18 Å². The second kappa shape index (κ2) is 6.21. The van der Waals surface area contributed by atoms with E-state index in [2.05, 4.69) is 15.3 Å². The van der Waals surface area contributed by atoms with E-state index in [0.717, 1.165) is 15.8 Å². The zero-order valence-corrected chi connectivity index (χ0v) is 15.1. The van der Waals surface area contributed by atoms with Gasteiger partial charge in [-0.25, -0.2) is 4.98 Å². The average Bonchev–Trinajstić information content (AvgIpc) is 3.15. The highest BCUT2D eigenvalue weighted by Crippen LogP contribution is 2.35. The number of fused-ring (bicyclic) bond motifs is 3. The second-order valence-electron chi connectivity index (χ2n) is 5.66. The van der Waals surface area contributed by atoms with Gasteiger partial charge in [0.05, 0.1) is 20.3 Å². The Kier molecular flexibility index (Phi) is 4.08. The van der Waals surface area contributed by atoms with Crippen LogP contribution >= 0.6 is 22.9 Å². The Morgan fingerprint density at radius 1 is 1.22 bits per heavy atom. The summed E-state index contributed by atoms with van der Waals surface area (Å²) in [6, 6.07) is 6.33. The summed E-state index contributed by atoms with van der Waals surface area (Å²) in [5.74, 6) is -0.797. The molecule has 4 rings (SSSR count). The minimum Gasteiger partial charge on any atom is -0.421 e. The number of oxazole rings is 1. The molecule has 0 saturated carbocycles. The summed E-state index contributed by atoms with van der Waals surface area (Å²) in [6.07, 6.45) is -4.67. The second-order valence-corrected chi connectivity index (χ2v) is 7.30. The third-order valence-corrected chi connectivity index (χ3v) is 5.04. The number of hydrogen-bond donors (Lipinski definition) is 1. The standard InChI is InChI=1S/C17H9ClF3N3O2S/c1-7-22-13-12(27-7)5-4-11-14(13)26-16(23-11)24-15(25)8-2-3-10(18)9(6-8)17(19,20)21/h2-6H,1H3,(H,23,24,25). The number of nitrogens with zero attached hydrogens (tertiary/aromatic N) is 2. The molecule has 0 unspecified atom stereocenters. The highest BCUT2D eigenvalue weighted by Gasteiger charge is 2.34. The largest absolute Gasteiger partial charge is 0.421 e. The van der Waals surface area contributed by atoms with Gasteiger partial charge >= 0.3 is 12.2 Å². The van der Waals surface area contributed by atoms with E-state index in [1.165, 1.54) is 17.4 Å². The van der Waals surface area contributed by atoms with Crippen molar-refractivity contribution >= 4 is 56.2 Å². The number of anilines is 1. The van der Waals surface area contributed by atoms with E-state index in [-0.39, 0.29) is 11.6 Å². The predicted molar refractivity (Wildman–Crippen MR) is 96.3 cm³/mol. The van der Waals surface area contributed by atoms with Crippen molar-refractivity contribution in [3.8, 4) is 0 Å². The lowest BCUT2D eigenvalue weighted by molar-refractivity contribution is -0.137. The molecule has 1 amide bonds. The maximum atomic E-state index is 13.0. The van der Waals surface area contributed by atoms with Gasteiger partial charge in [-0.15, -0.1) is 11.3 Å². The molecule has 5 nitrogen and oxygen atoms in total. The highest BCUT2D eigenvalue weighted by atomic mass is 35.5. The summed E-state index contributed by atoms with van der Waals surface area (Å²) in [5.41, 5.74) is 0.195. The van der Waals surface area contributed by atoms with Crippen LogP contribution in [0.1, 0.15) is 20.9 Å². The van der Waals surface area contributed by atoms with Crippen LogP contribution in [0.2, 0.25) is 5.02 Å². The van der Waals surface area contributed by atoms with Gasteiger partial charge in [0.2, 0.25) is 0 Å². The zero-order chi connectivity index (χ0) is 19.3. The Balaban J connectivity index is 1.68. The molecule has 0 fully saturated rings. The van der Waals surface area contributed by atoms with Gasteiger partial charge in [0.1, 0.15) is 11.0 Å². The van der Waals surface area contributed by atoms with Crippen molar-refractivity contribution in [3.05, 3.63) is 51.5 Å². The molecular formula is C17H9ClF3N3O2S. The summed E-state index contributed by atoms with van der Waals surface area (Å²) in [5, 5.41) is 2.73. The van der Waals surface area contributed by atoms with Crippen molar-refractivity contribution < 1.29 is 22.4 Å². The van der Waals surface area contributed by atoms with E-state index >= 15 is 0 Å². The molecule has 2 heterocycles. The molecule has 2 aromatic carbocycles. The molecule has 0 aliphatic carbocycles. The van der Waals surface area contributed by atoms with E-state index in [1.807, 2.05) is 13.0 Å². The first-order valence-electron chi connectivity index (χ1n) is 7.57. The van der Waals surface area contributed by atoms with Crippen LogP contribution in [0, 0.1) is 6.92 Å². The number of alkyl halides is 3. The minimum absolute atomic E-state index is 0.128. The third-order valence-electron chi connectivity index (χ3n) is 3.78. The first-order valence-corrected chi connectivity index (χ1v) is 8.76.